The van der Waals surface area contributed by atoms with E-state index in [4.69, 9.17) is 0 Å². The van der Waals surface area contributed by atoms with Gasteiger partial charge in [-0.15, -0.1) is 0 Å². The van der Waals surface area contributed by atoms with Crippen LogP contribution in [0.1, 0.15) is 33.6 Å². The van der Waals surface area contributed by atoms with Crippen molar-refractivity contribution in [2.75, 3.05) is 0 Å². The Balaban J connectivity index is 3.77. The Morgan fingerprint density at radius 3 is 2.45 bits per heavy atom. The number of carbonyl (C=O) groups is 1. The molecule has 1 atom stereocenters. The Kier molecular flexibility index (Phi) is 4.59. The third kappa shape index (κ3) is 3.81. The molecular weight excluding hydrogens is 138 g/mol. The summed E-state index contributed by atoms with van der Waals surface area (Å²) in [5.74, 6) is -0.0122. The Bertz CT molecular complexity index is 152. The van der Waals surface area contributed by atoms with E-state index in [0.29, 0.717) is 5.57 Å². The van der Waals surface area contributed by atoms with Gasteiger partial charge in [-0.25, -0.2) is 0 Å². The van der Waals surface area contributed by atoms with E-state index in [2.05, 4.69) is 11.9 Å². The first-order chi connectivity index (χ1) is 5.11. The van der Waals surface area contributed by atoms with Gasteiger partial charge in [-0.2, -0.15) is 0 Å². The molecule has 0 bridgehead atoms. The first-order valence-electron chi connectivity index (χ1n) is 4.10. The third-order valence-corrected chi connectivity index (χ3v) is 1.74. The van der Waals surface area contributed by atoms with Crippen LogP contribution in [0.3, 0.4) is 0 Å². The molecule has 0 saturated heterocycles. The van der Waals surface area contributed by atoms with Crippen LogP contribution in [0.15, 0.2) is 12.2 Å². The van der Waals surface area contributed by atoms with E-state index in [1.54, 1.807) is 0 Å². The number of hydrogen-bond donors (Lipinski definition) is 1. The lowest BCUT2D eigenvalue weighted by Crippen LogP contribution is -2.32. The number of nitrogens with one attached hydrogen (secondary N) is 1. The van der Waals surface area contributed by atoms with Gasteiger partial charge in [-0.3, -0.25) is 4.79 Å². The lowest BCUT2D eigenvalue weighted by molar-refractivity contribution is -0.118. The van der Waals surface area contributed by atoms with Crippen LogP contribution in [0.2, 0.25) is 0 Å². The fourth-order valence-corrected chi connectivity index (χ4v) is 0.588. The average Bonchev–Trinajstić information content (AvgIpc) is 2.02. The SMILES string of the molecule is C=C(CC)C(=O)NC(C)CC. The second-order valence-corrected chi connectivity index (χ2v) is 2.74. The van der Waals surface area contributed by atoms with Crippen molar-refractivity contribution in [1.29, 1.82) is 0 Å². The van der Waals surface area contributed by atoms with Crippen molar-refractivity contribution < 1.29 is 4.79 Å². The first-order valence-corrected chi connectivity index (χ1v) is 4.10. The van der Waals surface area contributed by atoms with Gasteiger partial charge in [0.25, 0.3) is 0 Å². The van der Waals surface area contributed by atoms with Crippen LogP contribution in [-0.4, -0.2) is 11.9 Å². The van der Waals surface area contributed by atoms with Gasteiger partial charge in [0, 0.05) is 11.6 Å². The first kappa shape index (κ1) is 10.2. The van der Waals surface area contributed by atoms with Gasteiger partial charge in [-0.1, -0.05) is 20.4 Å². The van der Waals surface area contributed by atoms with Crippen LogP contribution < -0.4 is 5.32 Å². The quantitative estimate of drug-likeness (QED) is 0.617. The molecule has 0 fully saturated rings. The van der Waals surface area contributed by atoms with E-state index in [1.807, 2.05) is 20.8 Å². The van der Waals surface area contributed by atoms with Crippen molar-refractivity contribution in [2.24, 2.45) is 0 Å². The zero-order valence-corrected chi connectivity index (χ0v) is 7.61. The fraction of sp³-hybridized carbons (Fsp3) is 0.667. The van der Waals surface area contributed by atoms with E-state index in [-0.39, 0.29) is 11.9 Å². The highest BCUT2D eigenvalue weighted by Crippen LogP contribution is 1.97. The van der Waals surface area contributed by atoms with E-state index in [9.17, 15) is 4.79 Å². The monoisotopic (exact) mass is 155 g/mol. The topological polar surface area (TPSA) is 29.1 Å². The minimum Gasteiger partial charge on any atom is -0.350 e. The molecule has 1 N–H and O–H groups in total. The van der Waals surface area contributed by atoms with E-state index < -0.39 is 0 Å². The molecule has 0 aromatic carbocycles. The maximum atomic E-state index is 11.1. The molecule has 0 rings (SSSR count). The highest BCUT2D eigenvalue weighted by Gasteiger charge is 2.06. The van der Waals surface area contributed by atoms with Gasteiger partial charge < -0.3 is 5.32 Å². The molecule has 2 heteroatoms. The zero-order chi connectivity index (χ0) is 8.85. The molecule has 1 amide bonds. The van der Waals surface area contributed by atoms with Gasteiger partial charge in [-0.05, 0) is 19.8 Å². The van der Waals surface area contributed by atoms with Gasteiger partial charge >= 0.3 is 0 Å². The zero-order valence-electron chi connectivity index (χ0n) is 7.61. The molecule has 0 aromatic rings. The average molecular weight is 155 g/mol. The maximum Gasteiger partial charge on any atom is 0.246 e. The van der Waals surface area contributed by atoms with Crippen molar-refractivity contribution in [3.05, 3.63) is 12.2 Å². The summed E-state index contributed by atoms with van der Waals surface area (Å²) >= 11 is 0. The van der Waals surface area contributed by atoms with Crippen LogP contribution in [-0.2, 0) is 4.79 Å². The highest BCUT2D eigenvalue weighted by molar-refractivity contribution is 5.92. The maximum absolute atomic E-state index is 11.1. The predicted molar refractivity (Wildman–Crippen MR) is 47.3 cm³/mol. The lowest BCUT2D eigenvalue weighted by Gasteiger charge is -2.11. The van der Waals surface area contributed by atoms with E-state index in [1.165, 1.54) is 0 Å². The van der Waals surface area contributed by atoms with Gasteiger partial charge in [0.2, 0.25) is 5.91 Å². The van der Waals surface area contributed by atoms with E-state index >= 15 is 0 Å². The summed E-state index contributed by atoms with van der Waals surface area (Å²) in [7, 11) is 0. The Morgan fingerprint density at radius 1 is 1.55 bits per heavy atom. The summed E-state index contributed by atoms with van der Waals surface area (Å²) in [6, 6.07) is 0.255. The molecule has 0 aliphatic rings. The van der Waals surface area contributed by atoms with Crippen LogP contribution in [0.4, 0.5) is 0 Å². The van der Waals surface area contributed by atoms with Gasteiger partial charge in [0.1, 0.15) is 0 Å². The Labute approximate surface area is 68.7 Å². The fourth-order valence-electron chi connectivity index (χ4n) is 0.588. The van der Waals surface area contributed by atoms with Crippen molar-refractivity contribution in [2.45, 2.75) is 39.7 Å². The molecule has 0 heterocycles. The second-order valence-electron chi connectivity index (χ2n) is 2.74. The Morgan fingerprint density at radius 2 is 2.09 bits per heavy atom. The summed E-state index contributed by atoms with van der Waals surface area (Å²) in [5, 5.41) is 2.84. The number of carbonyl (C=O) groups excluding carboxylic acids is 1. The molecule has 0 aromatic heterocycles. The molecule has 0 aliphatic carbocycles. The molecule has 64 valence electrons. The van der Waals surface area contributed by atoms with Crippen molar-refractivity contribution in [1.82, 2.24) is 5.32 Å². The number of rotatable bonds is 4. The molecule has 0 saturated carbocycles. The third-order valence-electron chi connectivity index (χ3n) is 1.74. The minimum atomic E-state index is -0.0122. The Hall–Kier alpha value is -0.790. The summed E-state index contributed by atoms with van der Waals surface area (Å²) in [5.41, 5.74) is 0.658. The van der Waals surface area contributed by atoms with Gasteiger partial charge in [0.15, 0.2) is 0 Å². The molecule has 0 spiro atoms. The molecular formula is C9H17NO. The predicted octanol–water partition coefficient (Wildman–Crippen LogP) is 1.87. The summed E-state index contributed by atoms with van der Waals surface area (Å²) < 4.78 is 0. The van der Waals surface area contributed by atoms with Crippen molar-refractivity contribution in [3.63, 3.8) is 0 Å². The molecule has 0 aliphatic heterocycles. The van der Waals surface area contributed by atoms with Crippen molar-refractivity contribution >= 4 is 5.91 Å². The summed E-state index contributed by atoms with van der Waals surface area (Å²) in [4.78, 5) is 11.1. The van der Waals surface area contributed by atoms with Crippen LogP contribution in [0.25, 0.3) is 0 Å². The second kappa shape index (κ2) is 4.94. The standard InChI is InChI=1S/C9H17NO/c1-5-7(3)9(11)10-8(4)6-2/h8H,3,5-6H2,1-2,4H3,(H,10,11). The lowest BCUT2D eigenvalue weighted by atomic mass is 10.2. The smallest absolute Gasteiger partial charge is 0.246 e. The van der Waals surface area contributed by atoms with Gasteiger partial charge in [0.05, 0.1) is 0 Å². The van der Waals surface area contributed by atoms with Crippen LogP contribution in [0.5, 0.6) is 0 Å². The normalized spacial score (nSPS) is 12.3. The molecule has 1 unspecified atom stereocenters. The molecule has 2 nitrogen and oxygen atoms in total. The number of amides is 1. The molecule has 0 radical (unpaired) electrons. The summed E-state index contributed by atoms with van der Waals surface area (Å²) in [6.45, 7) is 9.61. The van der Waals surface area contributed by atoms with E-state index in [0.717, 1.165) is 12.8 Å². The van der Waals surface area contributed by atoms with Crippen molar-refractivity contribution in [3.8, 4) is 0 Å². The molecule has 11 heavy (non-hydrogen) atoms. The number of hydrogen-bond acceptors (Lipinski definition) is 1. The highest BCUT2D eigenvalue weighted by atomic mass is 16.1. The van der Waals surface area contributed by atoms with Crippen LogP contribution in [0, 0.1) is 0 Å². The minimum absolute atomic E-state index is 0.0122. The van der Waals surface area contributed by atoms with Crippen LogP contribution >= 0.6 is 0 Å². The summed E-state index contributed by atoms with van der Waals surface area (Å²) in [6.07, 6.45) is 1.69. The largest absolute Gasteiger partial charge is 0.350 e.